The molecule has 0 unspecified atom stereocenters. The van der Waals surface area contributed by atoms with Gasteiger partial charge in [0, 0.05) is 12.6 Å². The van der Waals surface area contributed by atoms with Gasteiger partial charge in [-0.3, -0.25) is 9.59 Å². The van der Waals surface area contributed by atoms with Crippen molar-refractivity contribution in [1.29, 1.82) is 0 Å². The van der Waals surface area contributed by atoms with Crippen LogP contribution >= 0.6 is 0 Å². The molecular formula is C19H22N2O3. The van der Waals surface area contributed by atoms with Crippen LogP contribution in [0.2, 0.25) is 0 Å². The van der Waals surface area contributed by atoms with Crippen LogP contribution in [0.5, 0.6) is 5.75 Å². The Morgan fingerprint density at radius 2 is 1.67 bits per heavy atom. The highest BCUT2D eigenvalue weighted by atomic mass is 16.5. The molecule has 0 aliphatic heterocycles. The third kappa shape index (κ3) is 3.93. The number of hydrogen-bond acceptors (Lipinski definition) is 3. The molecular weight excluding hydrogens is 304 g/mol. The first-order valence-electron chi connectivity index (χ1n) is 7.67. The second kappa shape index (κ2) is 7.17. The molecule has 0 spiro atoms. The molecule has 0 aliphatic rings. The normalized spacial score (nSPS) is 10.8. The van der Waals surface area contributed by atoms with E-state index in [4.69, 9.17) is 4.74 Å². The molecule has 24 heavy (non-hydrogen) atoms. The fraction of sp³-hybridized carbons (Fsp3) is 0.263. The summed E-state index contributed by atoms with van der Waals surface area (Å²) in [4.78, 5) is 24.0. The van der Waals surface area contributed by atoms with Crippen LogP contribution in [0.4, 0.5) is 11.4 Å². The van der Waals surface area contributed by atoms with Crippen LogP contribution in [0, 0.1) is 0 Å². The quantitative estimate of drug-likeness (QED) is 0.882. The predicted molar refractivity (Wildman–Crippen MR) is 95.4 cm³/mol. The summed E-state index contributed by atoms with van der Waals surface area (Å²) in [5.41, 5.74) is 1.31. The second-order valence-electron chi connectivity index (χ2n) is 6.04. The summed E-state index contributed by atoms with van der Waals surface area (Å²) in [5, 5.41) is 5.59. The first kappa shape index (κ1) is 17.5. The zero-order valence-corrected chi connectivity index (χ0v) is 14.3. The smallest absolute Gasteiger partial charge is 0.234 e. The van der Waals surface area contributed by atoms with Crippen LogP contribution in [0.15, 0.2) is 48.5 Å². The molecule has 0 aliphatic carbocycles. The molecule has 2 rings (SSSR count). The summed E-state index contributed by atoms with van der Waals surface area (Å²) >= 11 is 0. The largest absolute Gasteiger partial charge is 0.495 e. The number of carbonyl (C=O) groups excluding carboxylic acids is 2. The molecule has 0 saturated carbocycles. The number of nitrogens with one attached hydrogen (secondary N) is 2. The molecule has 0 saturated heterocycles. The van der Waals surface area contributed by atoms with Crippen molar-refractivity contribution < 1.29 is 14.3 Å². The lowest BCUT2D eigenvalue weighted by molar-refractivity contribution is -0.120. The molecule has 126 valence electrons. The molecule has 0 heterocycles. The highest BCUT2D eigenvalue weighted by Gasteiger charge is 2.30. The number of benzene rings is 2. The molecule has 2 aromatic rings. The second-order valence-corrected chi connectivity index (χ2v) is 6.04. The van der Waals surface area contributed by atoms with Crippen LogP contribution in [0.1, 0.15) is 26.3 Å². The van der Waals surface area contributed by atoms with E-state index in [0.717, 1.165) is 5.56 Å². The van der Waals surface area contributed by atoms with Gasteiger partial charge in [0.05, 0.1) is 18.2 Å². The Bertz CT molecular complexity index is 740. The summed E-state index contributed by atoms with van der Waals surface area (Å²) in [6, 6.07) is 14.7. The standard InChI is InChI=1S/C19H22N2O3/c1-13(22)20-15-10-11-17(24-4)16(12-15)21-18(23)19(2,3)14-8-6-5-7-9-14/h5-12H,1-4H3,(H,20,22)(H,21,23). The summed E-state index contributed by atoms with van der Waals surface area (Å²) in [7, 11) is 1.53. The van der Waals surface area contributed by atoms with Gasteiger partial charge >= 0.3 is 0 Å². The lowest BCUT2D eigenvalue weighted by Crippen LogP contribution is -2.34. The number of ether oxygens (including phenoxy) is 1. The number of hydrogen-bond donors (Lipinski definition) is 2. The van der Waals surface area contributed by atoms with Gasteiger partial charge in [-0.25, -0.2) is 0 Å². The summed E-state index contributed by atoms with van der Waals surface area (Å²) < 4.78 is 5.30. The minimum atomic E-state index is -0.712. The van der Waals surface area contributed by atoms with Gasteiger partial charge in [0.2, 0.25) is 11.8 Å². The van der Waals surface area contributed by atoms with E-state index in [0.29, 0.717) is 17.1 Å². The maximum Gasteiger partial charge on any atom is 0.234 e. The summed E-state index contributed by atoms with van der Waals surface area (Å²) in [6.45, 7) is 5.16. The van der Waals surface area contributed by atoms with Crippen molar-refractivity contribution in [3.05, 3.63) is 54.1 Å². The van der Waals surface area contributed by atoms with Gasteiger partial charge in [-0.2, -0.15) is 0 Å². The lowest BCUT2D eigenvalue weighted by atomic mass is 9.83. The van der Waals surface area contributed by atoms with E-state index in [1.807, 2.05) is 44.2 Å². The zero-order chi connectivity index (χ0) is 17.7. The zero-order valence-electron chi connectivity index (χ0n) is 14.3. The van der Waals surface area contributed by atoms with Gasteiger partial charge in [0.25, 0.3) is 0 Å². The molecule has 2 aromatic carbocycles. The van der Waals surface area contributed by atoms with E-state index in [1.165, 1.54) is 14.0 Å². The van der Waals surface area contributed by atoms with Crippen LogP contribution in [0.3, 0.4) is 0 Å². The Hall–Kier alpha value is -2.82. The topological polar surface area (TPSA) is 67.4 Å². The van der Waals surface area contributed by atoms with Crippen LogP contribution < -0.4 is 15.4 Å². The van der Waals surface area contributed by atoms with Crippen molar-refractivity contribution in [2.75, 3.05) is 17.7 Å². The van der Waals surface area contributed by atoms with E-state index in [-0.39, 0.29) is 11.8 Å². The molecule has 0 atom stereocenters. The first-order valence-corrected chi connectivity index (χ1v) is 7.67. The van der Waals surface area contributed by atoms with Gasteiger partial charge in [-0.1, -0.05) is 30.3 Å². The molecule has 2 N–H and O–H groups in total. The highest BCUT2D eigenvalue weighted by molar-refractivity contribution is 6.00. The van der Waals surface area contributed by atoms with E-state index in [1.54, 1.807) is 18.2 Å². The molecule has 5 heteroatoms. The van der Waals surface area contributed by atoms with Crippen molar-refractivity contribution in [1.82, 2.24) is 0 Å². The lowest BCUT2D eigenvalue weighted by Gasteiger charge is -2.25. The van der Waals surface area contributed by atoms with Gasteiger partial charge in [-0.05, 0) is 37.6 Å². The number of amides is 2. The SMILES string of the molecule is COc1ccc(NC(C)=O)cc1NC(=O)C(C)(C)c1ccccc1. The van der Waals surface area contributed by atoms with Gasteiger partial charge < -0.3 is 15.4 Å². The van der Waals surface area contributed by atoms with Gasteiger partial charge in [0.15, 0.2) is 0 Å². The van der Waals surface area contributed by atoms with E-state index in [2.05, 4.69) is 10.6 Å². The molecule has 0 aromatic heterocycles. The van der Waals surface area contributed by atoms with E-state index in [9.17, 15) is 9.59 Å². The Kier molecular flexibility index (Phi) is 5.24. The monoisotopic (exact) mass is 326 g/mol. The Morgan fingerprint density at radius 1 is 1.00 bits per heavy atom. The van der Waals surface area contributed by atoms with Crippen LogP contribution in [-0.2, 0) is 15.0 Å². The fourth-order valence-corrected chi connectivity index (χ4v) is 2.35. The van der Waals surface area contributed by atoms with E-state index >= 15 is 0 Å². The number of rotatable bonds is 5. The number of methoxy groups -OCH3 is 1. The summed E-state index contributed by atoms with van der Waals surface area (Å²) in [6.07, 6.45) is 0. The Labute approximate surface area is 142 Å². The minimum absolute atomic E-state index is 0.160. The number of anilines is 2. The third-order valence-corrected chi connectivity index (χ3v) is 3.83. The van der Waals surface area contributed by atoms with Gasteiger partial charge in [-0.15, -0.1) is 0 Å². The number of carbonyl (C=O) groups is 2. The Balaban J connectivity index is 2.28. The predicted octanol–water partition coefficient (Wildman–Crippen LogP) is 3.57. The third-order valence-electron chi connectivity index (χ3n) is 3.83. The molecule has 2 amide bonds. The average molecular weight is 326 g/mol. The Morgan fingerprint density at radius 3 is 2.25 bits per heavy atom. The van der Waals surface area contributed by atoms with E-state index < -0.39 is 5.41 Å². The highest BCUT2D eigenvalue weighted by Crippen LogP contribution is 2.31. The summed E-state index contributed by atoms with van der Waals surface area (Å²) in [5.74, 6) is 0.190. The van der Waals surface area contributed by atoms with Crippen molar-refractivity contribution in [2.45, 2.75) is 26.2 Å². The maximum absolute atomic E-state index is 12.8. The average Bonchev–Trinajstić information content (AvgIpc) is 2.55. The van der Waals surface area contributed by atoms with Crippen molar-refractivity contribution in [2.24, 2.45) is 0 Å². The minimum Gasteiger partial charge on any atom is -0.495 e. The molecule has 0 radical (unpaired) electrons. The van der Waals surface area contributed by atoms with Gasteiger partial charge in [0.1, 0.15) is 5.75 Å². The van der Waals surface area contributed by atoms with Crippen molar-refractivity contribution in [3.63, 3.8) is 0 Å². The molecule has 5 nitrogen and oxygen atoms in total. The van der Waals surface area contributed by atoms with Crippen molar-refractivity contribution >= 4 is 23.2 Å². The van der Waals surface area contributed by atoms with Crippen LogP contribution in [-0.4, -0.2) is 18.9 Å². The first-order chi connectivity index (χ1) is 11.3. The molecule has 0 fully saturated rings. The fourth-order valence-electron chi connectivity index (χ4n) is 2.35. The maximum atomic E-state index is 12.8. The molecule has 0 bridgehead atoms. The van der Waals surface area contributed by atoms with Crippen molar-refractivity contribution in [3.8, 4) is 5.75 Å². The van der Waals surface area contributed by atoms with Crippen LogP contribution in [0.25, 0.3) is 0 Å².